The fourth-order valence-corrected chi connectivity index (χ4v) is 2.03. The number of rotatable bonds is 5. The molecule has 19 heavy (non-hydrogen) atoms. The second-order valence-electron chi connectivity index (χ2n) is 4.31. The van der Waals surface area contributed by atoms with E-state index in [1.54, 1.807) is 18.5 Å². The maximum absolute atomic E-state index is 12.9. The molecule has 0 aliphatic carbocycles. The Bertz CT molecular complexity index is 572. The first kappa shape index (κ1) is 13.7. The van der Waals surface area contributed by atoms with Crippen molar-refractivity contribution in [3.8, 4) is 0 Å². The average Bonchev–Trinajstić information content (AvgIpc) is 2.41. The third-order valence-electron chi connectivity index (χ3n) is 2.82. The molecule has 0 aliphatic heterocycles. The Morgan fingerprint density at radius 1 is 1.32 bits per heavy atom. The van der Waals surface area contributed by atoms with Crippen LogP contribution in [-0.4, -0.2) is 10.8 Å². The van der Waals surface area contributed by atoms with Gasteiger partial charge in [-0.05, 0) is 35.7 Å². The Hall–Kier alpha value is -1.74. The lowest BCUT2D eigenvalue weighted by atomic mass is 10.0. The predicted molar refractivity (Wildman–Crippen MR) is 72.7 cm³/mol. The van der Waals surface area contributed by atoms with Crippen LogP contribution in [-0.2, 0) is 17.6 Å². The van der Waals surface area contributed by atoms with Gasteiger partial charge in [0, 0.05) is 30.3 Å². The second kappa shape index (κ2) is 6.43. The maximum atomic E-state index is 12.9. The van der Waals surface area contributed by atoms with Crippen molar-refractivity contribution in [2.24, 2.45) is 0 Å². The average molecular weight is 278 g/mol. The molecule has 0 unspecified atom stereocenters. The van der Waals surface area contributed by atoms with Gasteiger partial charge in [-0.3, -0.25) is 9.78 Å². The van der Waals surface area contributed by atoms with Crippen LogP contribution < -0.4 is 0 Å². The molecule has 0 fully saturated rings. The van der Waals surface area contributed by atoms with Gasteiger partial charge in [-0.1, -0.05) is 23.7 Å². The molecular weight excluding hydrogens is 265 g/mol. The van der Waals surface area contributed by atoms with Crippen LogP contribution in [0.1, 0.15) is 17.5 Å². The van der Waals surface area contributed by atoms with Gasteiger partial charge in [0.2, 0.25) is 0 Å². The fraction of sp³-hybridized carbons (Fsp3) is 0.200. The van der Waals surface area contributed by atoms with E-state index in [0.29, 0.717) is 23.4 Å². The summed E-state index contributed by atoms with van der Waals surface area (Å²) in [6, 6.07) is 7.88. The van der Waals surface area contributed by atoms with Gasteiger partial charge in [0.1, 0.15) is 11.6 Å². The number of aryl methyl sites for hydroxylation is 1. The SMILES string of the molecule is O=C(CCc1cccnc1)Cc1ccc(F)cc1Cl. The van der Waals surface area contributed by atoms with Crippen molar-refractivity contribution >= 4 is 17.4 Å². The number of Topliss-reactive ketones (excluding diaryl/α,β-unsaturated/α-hetero) is 1. The third-order valence-corrected chi connectivity index (χ3v) is 3.17. The zero-order valence-corrected chi connectivity index (χ0v) is 11.0. The maximum Gasteiger partial charge on any atom is 0.137 e. The molecule has 0 saturated heterocycles. The Labute approximate surface area is 116 Å². The van der Waals surface area contributed by atoms with E-state index in [4.69, 9.17) is 11.6 Å². The summed E-state index contributed by atoms with van der Waals surface area (Å²) in [5.41, 5.74) is 1.69. The van der Waals surface area contributed by atoms with Gasteiger partial charge in [0.25, 0.3) is 0 Å². The molecule has 2 aromatic rings. The van der Waals surface area contributed by atoms with E-state index in [2.05, 4.69) is 4.98 Å². The molecule has 1 heterocycles. The Kier molecular flexibility index (Phi) is 4.63. The number of halogens is 2. The lowest BCUT2D eigenvalue weighted by Gasteiger charge is -2.04. The zero-order chi connectivity index (χ0) is 13.7. The molecule has 0 saturated carbocycles. The van der Waals surface area contributed by atoms with E-state index in [-0.39, 0.29) is 12.2 Å². The smallest absolute Gasteiger partial charge is 0.137 e. The molecule has 1 aromatic carbocycles. The van der Waals surface area contributed by atoms with Crippen molar-refractivity contribution in [3.63, 3.8) is 0 Å². The van der Waals surface area contributed by atoms with Crippen LogP contribution in [0.15, 0.2) is 42.7 Å². The van der Waals surface area contributed by atoms with Gasteiger partial charge in [0.15, 0.2) is 0 Å². The predicted octanol–water partition coefficient (Wildman–Crippen LogP) is 3.62. The van der Waals surface area contributed by atoms with Crippen molar-refractivity contribution in [1.82, 2.24) is 4.98 Å². The summed E-state index contributed by atoms with van der Waals surface area (Å²) in [6.07, 6.45) is 4.77. The van der Waals surface area contributed by atoms with Gasteiger partial charge in [0.05, 0.1) is 0 Å². The first-order chi connectivity index (χ1) is 9.15. The van der Waals surface area contributed by atoms with Crippen LogP contribution in [0.3, 0.4) is 0 Å². The molecule has 0 aliphatic rings. The van der Waals surface area contributed by atoms with Crippen LogP contribution in [0.25, 0.3) is 0 Å². The highest BCUT2D eigenvalue weighted by Gasteiger charge is 2.08. The highest BCUT2D eigenvalue weighted by atomic mass is 35.5. The van der Waals surface area contributed by atoms with Crippen molar-refractivity contribution in [3.05, 3.63) is 64.7 Å². The van der Waals surface area contributed by atoms with Crippen molar-refractivity contribution in [2.45, 2.75) is 19.3 Å². The molecule has 0 bridgehead atoms. The first-order valence-electron chi connectivity index (χ1n) is 5.99. The molecule has 0 amide bonds. The van der Waals surface area contributed by atoms with Gasteiger partial charge in [-0.15, -0.1) is 0 Å². The summed E-state index contributed by atoms with van der Waals surface area (Å²) in [5.74, 6) is -0.311. The van der Waals surface area contributed by atoms with Gasteiger partial charge in [-0.2, -0.15) is 0 Å². The van der Waals surface area contributed by atoms with Crippen LogP contribution >= 0.6 is 11.6 Å². The zero-order valence-electron chi connectivity index (χ0n) is 10.3. The Morgan fingerprint density at radius 3 is 2.84 bits per heavy atom. The van der Waals surface area contributed by atoms with Crippen molar-refractivity contribution in [1.29, 1.82) is 0 Å². The quantitative estimate of drug-likeness (QED) is 0.835. The lowest BCUT2D eigenvalue weighted by molar-refractivity contribution is -0.118. The lowest BCUT2D eigenvalue weighted by Crippen LogP contribution is -2.05. The number of carbonyl (C=O) groups excluding carboxylic acids is 1. The van der Waals surface area contributed by atoms with Gasteiger partial charge in [-0.25, -0.2) is 4.39 Å². The fourth-order valence-electron chi connectivity index (χ4n) is 1.80. The molecule has 0 N–H and O–H groups in total. The standard InChI is InChI=1S/C15H13ClFNO/c16-15-9-13(17)5-4-12(15)8-14(19)6-3-11-2-1-7-18-10-11/h1-2,4-5,7,9-10H,3,6,8H2. The summed E-state index contributed by atoms with van der Waals surface area (Å²) in [7, 11) is 0. The monoisotopic (exact) mass is 277 g/mol. The molecule has 98 valence electrons. The number of hydrogen-bond acceptors (Lipinski definition) is 2. The summed E-state index contributed by atoms with van der Waals surface area (Å²) in [6.45, 7) is 0. The topological polar surface area (TPSA) is 30.0 Å². The highest BCUT2D eigenvalue weighted by Crippen LogP contribution is 2.18. The highest BCUT2D eigenvalue weighted by molar-refractivity contribution is 6.31. The second-order valence-corrected chi connectivity index (χ2v) is 4.72. The largest absolute Gasteiger partial charge is 0.299 e. The van der Waals surface area contributed by atoms with E-state index < -0.39 is 5.82 Å². The Morgan fingerprint density at radius 2 is 2.16 bits per heavy atom. The Balaban J connectivity index is 1.91. The molecule has 2 rings (SSSR count). The number of ketones is 1. The first-order valence-corrected chi connectivity index (χ1v) is 6.37. The number of hydrogen-bond donors (Lipinski definition) is 0. The van der Waals surface area contributed by atoms with E-state index in [1.165, 1.54) is 12.1 Å². The minimum absolute atomic E-state index is 0.0809. The summed E-state index contributed by atoms with van der Waals surface area (Å²) < 4.78 is 12.9. The molecule has 0 atom stereocenters. The van der Waals surface area contributed by atoms with E-state index in [9.17, 15) is 9.18 Å². The number of aromatic nitrogens is 1. The van der Waals surface area contributed by atoms with E-state index in [0.717, 1.165) is 5.56 Å². The summed E-state index contributed by atoms with van der Waals surface area (Å²) in [5, 5.41) is 0.301. The molecule has 4 heteroatoms. The molecule has 2 nitrogen and oxygen atoms in total. The van der Waals surface area contributed by atoms with Crippen molar-refractivity contribution in [2.75, 3.05) is 0 Å². The molecular formula is C15H13ClFNO. The number of pyridine rings is 1. The number of nitrogens with zero attached hydrogens (tertiary/aromatic N) is 1. The molecule has 0 spiro atoms. The summed E-state index contributed by atoms with van der Waals surface area (Å²) in [4.78, 5) is 15.8. The minimum atomic E-state index is -0.392. The number of carbonyl (C=O) groups is 1. The van der Waals surface area contributed by atoms with E-state index >= 15 is 0 Å². The van der Waals surface area contributed by atoms with Crippen LogP contribution in [0, 0.1) is 5.82 Å². The van der Waals surface area contributed by atoms with Gasteiger partial charge < -0.3 is 0 Å². The van der Waals surface area contributed by atoms with E-state index in [1.807, 2.05) is 12.1 Å². The van der Waals surface area contributed by atoms with Crippen LogP contribution in [0.2, 0.25) is 5.02 Å². The minimum Gasteiger partial charge on any atom is -0.299 e. The number of benzene rings is 1. The normalized spacial score (nSPS) is 10.4. The third kappa shape index (κ3) is 4.14. The molecule has 0 radical (unpaired) electrons. The molecule has 1 aromatic heterocycles. The van der Waals surface area contributed by atoms with Crippen LogP contribution in [0.5, 0.6) is 0 Å². The summed E-state index contributed by atoms with van der Waals surface area (Å²) >= 11 is 5.89. The van der Waals surface area contributed by atoms with Gasteiger partial charge >= 0.3 is 0 Å². The van der Waals surface area contributed by atoms with Crippen molar-refractivity contribution < 1.29 is 9.18 Å². The van der Waals surface area contributed by atoms with Crippen LogP contribution in [0.4, 0.5) is 4.39 Å².